The highest BCUT2D eigenvalue weighted by Gasteiger charge is 2.46. The molecule has 1 fully saturated rings. The van der Waals surface area contributed by atoms with Gasteiger partial charge < -0.3 is 4.74 Å². The molecule has 2 aromatic rings. The standard InChI is InChI=1S/C21H25NO7S2/c1-4-28-21(23)20-13-17(29-31(26,27)19-11-7-16(3)8-12-19)14-22(20)30(24,25)18-9-5-15(2)6-10-18/h5-12,17,20H,4,13-14H2,1-3H3/t17?,20-/m1/s1. The first-order valence-electron chi connectivity index (χ1n) is 9.79. The smallest absolute Gasteiger partial charge is 0.324 e. The maximum absolute atomic E-state index is 13.2. The molecule has 0 saturated carbocycles. The summed E-state index contributed by atoms with van der Waals surface area (Å²) >= 11 is 0. The molecule has 0 bridgehead atoms. The summed E-state index contributed by atoms with van der Waals surface area (Å²) in [6, 6.07) is 11.1. The molecule has 1 aliphatic rings. The molecule has 1 saturated heterocycles. The van der Waals surface area contributed by atoms with Gasteiger partial charge >= 0.3 is 5.97 Å². The van der Waals surface area contributed by atoms with Crippen molar-refractivity contribution in [2.75, 3.05) is 13.2 Å². The monoisotopic (exact) mass is 467 g/mol. The number of nitrogens with zero attached hydrogens (tertiary/aromatic N) is 1. The minimum absolute atomic E-state index is 0.00874. The van der Waals surface area contributed by atoms with Crippen LogP contribution in [0, 0.1) is 13.8 Å². The third-order valence-electron chi connectivity index (χ3n) is 4.98. The van der Waals surface area contributed by atoms with Crippen LogP contribution in [0.2, 0.25) is 0 Å². The topological polar surface area (TPSA) is 107 Å². The minimum Gasteiger partial charge on any atom is -0.465 e. The van der Waals surface area contributed by atoms with E-state index in [4.69, 9.17) is 8.92 Å². The molecule has 1 aliphatic heterocycles. The lowest BCUT2D eigenvalue weighted by Gasteiger charge is -2.22. The minimum atomic E-state index is -4.13. The van der Waals surface area contributed by atoms with Gasteiger partial charge in [-0.25, -0.2) is 8.42 Å². The number of ether oxygens (including phenoxy) is 1. The first-order chi connectivity index (χ1) is 14.5. The molecule has 31 heavy (non-hydrogen) atoms. The van der Waals surface area contributed by atoms with E-state index in [0.29, 0.717) is 0 Å². The van der Waals surface area contributed by atoms with E-state index in [-0.39, 0.29) is 29.4 Å². The van der Waals surface area contributed by atoms with E-state index >= 15 is 0 Å². The fraction of sp³-hybridized carbons (Fsp3) is 0.381. The van der Waals surface area contributed by atoms with Crippen LogP contribution in [0.1, 0.15) is 24.5 Å². The van der Waals surface area contributed by atoms with Crippen molar-refractivity contribution in [3.63, 3.8) is 0 Å². The Morgan fingerprint density at radius 2 is 1.45 bits per heavy atom. The lowest BCUT2D eigenvalue weighted by molar-refractivity contribution is -0.147. The Kier molecular flexibility index (Phi) is 6.85. The van der Waals surface area contributed by atoms with Gasteiger partial charge in [-0.3, -0.25) is 8.98 Å². The summed E-state index contributed by atoms with van der Waals surface area (Å²) in [6.07, 6.45) is -1.16. The van der Waals surface area contributed by atoms with Crippen LogP contribution in [0.15, 0.2) is 58.3 Å². The zero-order valence-electron chi connectivity index (χ0n) is 17.5. The van der Waals surface area contributed by atoms with Crippen molar-refractivity contribution in [1.82, 2.24) is 4.31 Å². The summed E-state index contributed by atoms with van der Waals surface area (Å²) < 4.78 is 63.0. The average molecular weight is 468 g/mol. The van der Waals surface area contributed by atoms with E-state index in [2.05, 4.69) is 0 Å². The molecule has 0 radical (unpaired) electrons. The number of aryl methyl sites for hydroxylation is 2. The Bertz CT molecular complexity index is 1140. The van der Waals surface area contributed by atoms with Crippen LogP contribution >= 0.6 is 0 Å². The van der Waals surface area contributed by atoms with Crippen LogP contribution < -0.4 is 0 Å². The summed E-state index contributed by atoms with van der Waals surface area (Å²) in [5.41, 5.74) is 1.77. The lowest BCUT2D eigenvalue weighted by atomic mass is 10.2. The predicted octanol–water partition coefficient (Wildman–Crippen LogP) is 2.40. The van der Waals surface area contributed by atoms with E-state index in [9.17, 15) is 21.6 Å². The first-order valence-corrected chi connectivity index (χ1v) is 12.6. The number of benzene rings is 2. The SMILES string of the molecule is CCOC(=O)[C@H]1CC(OS(=O)(=O)c2ccc(C)cc2)CN1S(=O)(=O)c1ccc(C)cc1. The quantitative estimate of drug-likeness (QED) is 0.455. The number of carbonyl (C=O) groups is 1. The molecule has 8 nitrogen and oxygen atoms in total. The first kappa shape index (κ1) is 23.4. The van der Waals surface area contributed by atoms with Crippen molar-refractivity contribution in [2.24, 2.45) is 0 Å². The summed E-state index contributed by atoms with van der Waals surface area (Å²) in [7, 11) is -8.20. The van der Waals surface area contributed by atoms with Crippen LogP contribution in [0.5, 0.6) is 0 Å². The van der Waals surface area contributed by atoms with Crippen LogP contribution in [0.25, 0.3) is 0 Å². The van der Waals surface area contributed by atoms with Gasteiger partial charge in [0.05, 0.1) is 22.5 Å². The van der Waals surface area contributed by atoms with Gasteiger partial charge in [-0.05, 0) is 45.0 Å². The molecule has 0 aromatic heterocycles. The molecule has 10 heteroatoms. The molecule has 0 amide bonds. The summed E-state index contributed by atoms with van der Waals surface area (Å²) in [6.45, 7) is 5.05. The molecule has 1 unspecified atom stereocenters. The van der Waals surface area contributed by atoms with E-state index in [0.717, 1.165) is 15.4 Å². The Balaban J connectivity index is 1.89. The Hall–Kier alpha value is -2.27. The number of esters is 1. The third kappa shape index (κ3) is 5.15. The third-order valence-corrected chi connectivity index (χ3v) is 8.24. The summed E-state index contributed by atoms with van der Waals surface area (Å²) in [5.74, 6) is -0.739. The molecule has 168 valence electrons. The molecule has 0 N–H and O–H groups in total. The van der Waals surface area contributed by atoms with Crippen LogP contribution in [0.3, 0.4) is 0 Å². The second kappa shape index (κ2) is 9.07. The molecule has 1 heterocycles. The lowest BCUT2D eigenvalue weighted by Crippen LogP contribution is -2.41. The maximum atomic E-state index is 13.2. The highest BCUT2D eigenvalue weighted by atomic mass is 32.2. The molecular weight excluding hydrogens is 442 g/mol. The van der Waals surface area contributed by atoms with Crippen molar-refractivity contribution in [3.05, 3.63) is 59.7 Å². The molecule has 2 atom stereocenters. The number of carbonyl (C=O) groups excluding carboxylic acids is 1. The Morgan fingerprint density at radius 1 is 0.935 bits per heavy atom. The average Bonchev–Trinajstić information content (AvgIpc) is 3.13. The van der Waals surface area contributed by atoms with Gasteiger partial charge in [0.1, 0.15) is 6.04 Å². The van der Waals surface area contributed by atoms with Crippen molar-refractivity contribution < 1.29 is 30.6 Å². The molecular formula is C21H25NO7S2. The fourth-order valence-electron chi connectivity index (χ4n) is 3.34. The van der Waals surface area contributed by atoms with Crippen LogP contribution in [-0.4, -0.2) is 52.4 Å². The predicted molar refractivity (Wildman–Crippen MR) is 113 cm³/mol. The van der Waals surface area contributed by atoms with Gasteiger partial charge in [0.2, 0.25) is 10.0 Å². The number of rotatable bonds is 7. The van der Waals surface area contributed by atoms with Gasteiger partial charge in [0.15, 0.2) is 0 Å². The molecule has 0 spiro atoms. The van der Waals surface area contributed by atoms with Crippen LogP contribution in [0.4, 0.5) is 0 Å². The van der Waals surface area contributed by atoms with Crippen molar-refractivity contribution >= 4 is 26.1 Å². The van der Waals surface area contributed by atoms with Crippen molar-refractivity contribution in [2.45, 2.75) is 49.1 Å². The van der Waals surface area contributed by atoms with E-state index in [1.165, 1.54) is 24.3 Å². The van der Waals surface area contributed by atoms with Gasteiger partial charge in [-0.2, -0.15) is 12.7 Å². The van der Waals surface area contributed by atoms with E-state index < -0.39 is 38.3 Å². The highest BCUT2D eigenvalue weighted by Crippen LogP contribution is 2.30. The summed E-state index contributed by atoms with van der Waals surface area (Å²) in [4.78, 5) is 12.4. The normalized spacial score (nSPS) is 20.0. The molecule has 2 aromatic carbocycles. The zero-order chi connectivity index (χ0) is 22.8. The Morgan fingerprint density at radius 3 is 1.97 bits per heavy atom. The van der Waals surface area contributed by atoms with Crippen molar-refractivity contribution in [3.8, 4) is 0 Å². The Labute approximate surface area is 183 Å². The largest absolute Gasteiger partial charge is 0.465 e. The second-order valence-electron chi connectivity index (χ2n) is 7.38. The van der Waals surface area contributed by atoms with Gasteiger partial charge in [0.25, 0.3) is 10.1 Å². The van der Waals surface area contributed by atoms with E-state index in [1.54, 1.807) is 31.2 Å². The fourth-order valence-corrected chi connectivity index (χ4v) is 6.04. The molecule has 0 aliphatic carbocycles. The van der Waals surface area contributed by atoms with Gasteiger partial charge in [-0.15, -0.1) is 0 Å². The number of hydrogen-bond acceptors (Lipinski definition) is 7. The number of sulfonamides is 1. The maximum Gasteiger partial charge on any atom is 0.324 e. The van der Waals surface area contributed by atoms with Gasteiger partial charge in [-0.1, -0.05) is 35.4 Å². The second-order valence-corrected chi connectivity index (χ2v) is 10.8. The van der Waals surface area contributed by atoms with Crippen molar-refractivity contribution in [1.29, 1.82) is 0 Å². The number of hydrogen-bond donors (Lipinski definition) is 0. The van der Waals surface area contributed by atoms with Crippen LogP contribution in [-0.2, 0) is 33.9 Å². The summed E-state index contributed by atoms with van der Waals surface area (Å²) in [5, 5.41) is 0. The van der Waals surface area contributed by atoms with Gasteiger partial charge in [0, 0.05) is 13.0 Å². The van der Waals surface area contributed by atoms with E-state index in [1.807, 2.05) is 13.8 Å². The molecule has 3 rings (SSSR count). The highest BCUT2D eigenvalue weighted by molar-refractivity contribution is 7.89. The zero-order valence-corrected chi connectivity index (χ0v) is 19.1.